The van der Waals surface area contributed by atoms with Crippen LogP contribution in [0.25, 0.3) is 11.1 Å². The van der Waals surface area contributed by atoms with Crippen LogP contribution in [-0.4, -0.2) is 12.6 Å². The molecule has 2 nitrogen and oxygen atoms in total. The van der Waals surface area contributed by atoms with Crippen LogP contribution in [0.3, 0.4) is 0 Å². The predicted octanol–water partition coefficient (Wildman–Crippen LogP) is 4.68. The molecule has 122 valence electrons. The summed E-state index contributed by atoms with van der Waals surface area (Å²) in [5, 5.41) is 0.0479. The molecule has 0 spiro atoms. The molecule has 2 N–H and O–H groups in total. The number of para-hydroxylation sites is 1. The van der Waals surface area contributed by atoms with E-state index in [-0.39, 0.29) is 11.1 Å². The number of fused-ring (bicyclic) bond motifs is 1. The predicted molar refractivity (Wildman–Crippen MR) is 83.7 cm³/mol. The van der Waals surface area contributed by atoms with Crippen LogP contribution in [0, 0.1) is 0 Å². The Morgan fingerprint density at radius 3 is 2.61 bits per heavy atom. The van der Waals surface area contributed by atoms with E-state index >= 15 is 0 Å². The summed E-state index contributed by atoms with van der Waals surface area (Å²) in [6.45, 7) is 0.397. The van der Waals surface area contributed by atoms with Gasteiger partial charge in [0.25, 0.3) is 0 Å². The van der Waals surface area contributed by atoms with Crippen molar-refractivity contribution in [2.24, 2.45) is 5.73 Å². The van der Waals surface area contributed by atoms with E-state index in [1.54, 1.807) is 6.07 Å². The molecule has 1 aliphatic rings. The molecule has 3 rings (SSSR count). The van der Waals surface area contributed by atoms with Gasteiger partial charge in [0.15, 0.2) is 0 Å². The van der Waals surface area contributed by atoms with Crippen molar-refractivity contribution in [1.29, 1.82) is 0 Å². The van der Waals surface area contributed by atoms with E-state index in [2.05, 4.69) is 0 Å². The largest absolute Gasteiger partial charge is 0.488 e. The van der Waals surface area contributed by atoms with Crippen LogP contribution in [0.1, 0.15) is 17.5 Å². The number of hydrogen-bond acceptors (Lipinski definition) is 2. The monoisotopic (exact) mass is 341 g/mol. The summed E-state index contributed by atoms with van der Waals surface area (Å²) in [7, 11) is 0. The topological polar surface area (TPSA) is 35.2 Å². The van der Waals surface area contributed by atoms with Crippen molar-refractivity contribution in [1.82, 2.24) is 0 Å². The van der Waals surface area contributed by atoms with Crippen molar-refractivity contribution in [2.75, 3.05) is 6.54 Å². The first-order chi connectivity index (χ1) is 10.9. The van der Waals surface area contributed by atoms with Crippen LogP contribution in [0.4, 0.5) is 13.2 Å². The van der Waals surface area contributed by atoms with Crippen molar-refractivity contribution in [2.45, 2.75) is 25.1 Å². The first-order valence-corrected chi connectivity index (χ1v) is 7.63. The summed E-state index contributed by atoms with van der Waals surface area (Å²) in [4.78, 5) is 0. The summed E-state index contributed by atoms with van der Waals surface area (Å²) in [5.74, 6) is 0.663. The lowest BCUT2D eigenvalue weighted by Crippen LogP contribution is -2.30. The number of nitrogens with two attached hydrogens (primary N) is 1. The summed E-state index contributed by atoms with van der Waals surface area (Å²) in [6, 6.07) is 8.96. The SMILES string of the molecule is NC[C@H]1CCc2cccc(-c3ccc(C(F)(F)F)cc3Cl)c2O1. The van der Waals surface area contributed by atoms with Gasteiger partial charge >= 0.3 is 6.18 Å². The Kier molecular flexibility index (Phi) is 4.25. The highest BCUT2D eigenvalue weighted by Crippen LogP contribution is 2.42. The van der Waals surface area contributed by atoms with Gasteiger partial charge in [-0.25, -0.2) is 0 Å². The van der Waals surface area contributed by atoms with E-state index in [0.29, 0.717) is 23.4 Å². The lowest BCUT2D eigenvalue weighted by molar-refractivity contribution is -0.137. The van der Waals surface area contributed by atoms with Crippen LogP contribution in [0.5, 0.6) is 5.75 Å². The van der Waals surface area contributed by atoms with Crippen LogP contribution in [0.15, 0.2) is 36.4 Å². The van der Waals surface area contributed by atoms with Crippen LogP contribution in [-0.2, 0) is 12.6 Å². The van der Waals surface area contributed by atoms with Gasteiger partial charge in [-0.15, -0.1) is 0 Å². The summed E-state index contributed by atoms with van der Waals surface area (Å²) in [6.07, 6.45) is -2.85. The zero-order valence-corrected chi connectivity index (χ0v) is 12.9. The maximum atomic E-state index is 12.8. The number of aryl methyl sites for hydroxylation is 1. The van der Waals surface area contributed by atoms with E-state index < -0.39 is 11.7 Å². The molecular formula is C17H15ClF3NO. The second-order valence-electron chi connectivity index (χ2n) is 5.50. The molecule has 6 heteroatoms. The highest BCUT2D eigenvalue weighted by Gasteiger charge is 2.31. The Morgan fingerprint density at radius 2 is 1.96 bits per heavy atom. The molecule has 0 fully saturated rings. The van der Waals surface area contributed by atoms with Gasteiger partial charge < -0.3 is 10.5 Å². The van der Waals surface area contributed by atoms with Crippen molar-refractivity contribution in [3.8, 4) is 16.9 Å². The Balaban J connectivity index is 2.06. The van der Waals surface area contributed by atoms with E-state index in [0.717, 1.165) is 30.5 Å². The average Bonchev–Trinajstić information content (AvgIpc) is 2.53. The lowest BCUT2D eigenvalue weighted by Gasteiger charge is -2.27. The number of rotatable bonds is 2. The first kappa shape index (κ1) is 16.1. The van der Waals surface area contributed by atoms with Gasteiger partial charge in [-0.3, -0.25) is 0 Å². The molecule has 0 radical (unpaired) electrons. The lowest BCUT2D eigenvalue weighted by atomic mass is 9.95. The first-order valence-electron chi connectivity index (χ1n) is 7.26. The van der Waals surface area contributed by atoms with Crippen molar-refractivity contribution < 1.29 is 17.9 Å². The van der Waals surface area contributed by atoms with Crippen LogP contribution in [0.2, 0.25) is 5.02 Å². The molecule has 0 aromatic heterocycles. The maximum Gasteiger partial charge on any atom is 0.416 e. The number of hydrogen-bond donors (Lipinski definition) is 1. The zero-order valence-electron chi connectivity index (χ0n) is 12.2. The minimum atomic E-state index is -4.42. The minimum Gasteiger partial charge on any atom is -0.488 e. The third kappa shape index (κ3) is 3.16. The van der Waals surface area contributed by atoms with Crippen LogP contribution < -0.4 is 10.5 Å². The minimum absolute atomic E-state index is 0.0479. The number of halogens is 4. The third-order valence-corrected chi connectivity index (χ3v) is 4.28. The Labute approximate surface area is 137 Å². The third-order valence-electron chi connectivity index (χ3n) is 3.97. The molecule has 0 amide bonds. The zero-order chi connectivity index (χ0) is 16.6. The summed E-state index contributed by atoms with van der Waals surface area (Å²) < 4.78 is 44.2. The van der Waals surface area contributed by atoms with Gasteiger partial charge in [-0.05, 0) is 30.5 Å². The van der Waals surface area contributed by atoms with E-state index in [9.17, 15) is 13.2 Å². The molecule has 0 unspecified atom stereocenters. The molecular weight excluding hydrogens is 327 g/mol. The van der Waals surface area contributed by atoms with Crippen LogP contribution >= 0.6 is 11.6 Å². The van der Waals surface area contributed by atoms with E-state index in [1.807, 2.05) is 12.1 Å². The fourth-order valence-electron chi connectivity index (χ4n) is 2.75. The molecule has 2 aromatic carbocycles. The molecule has 0 saturated carbocycles. The molecule has 23 heavy (non-hydrogen) atoms. The Morgan fingerprint density at radius 1 is 1.17 bits per heavy atom. The van der Waals surface area contributed by atoms with Crippen molar-refractivity contribution in [3.05, 3.63) is 52.5 Å². The number of alkyl halides is 3. The standard InChI is InChI=1S/C17H15ClF3NO/c18-15-8-11(17(19,20)21)5-7-13(15)14-3-1-2-10-4-6-12(9-22)23-16(10)14/h1-3,5,7-8,12H,4,6,9,22H2/t12-/m1/s1. The van der Waals surface area contributed by atoms with Gasteiger partial charge in [0, 0.05) is 22.7 Å². The molecule has 1 aliphatic heterocycles. The molecule has 2 aromatic rings. The average molecular weight is 342 g/mol. The highest BCUT2D eigenvalue weighted by atomic mass is 35.5. The van der Waals surface area contributed by atoms with Gasteiger partial charge in [-0.2, -0.15) is 13.2 Å². The van der Waals surface area contributed by atoms with Crippen molar-refractivity contribution >= 4 is 11.6 Å². The molecule has 0 saturated heterocycles. The molecule has 0 aliphatic carbocycles. The van der Waals surface area contributed by atoms with Gasteiger partial charge in [-0.1, -0.05) is 35.9 Å². The summed E-state index contributed by atoms with van der Waals surface area (Å²) >= 11 is 6.10. The highest BCUT2D eigenvalue weighted by molar-refractivity contribution is 6.33. The van der Waals surface area contributed by atoms with E-state index in [4.69, 9.17) is 22.1 Å². The molecule has 1 atom stereocenters. The van der Waals surface area contributed by atoms with Gasteiger partial charge in [0.2, 0.25) is 0 Å². The second-order valence-corrected chi connectivity index (χ2v) is 5.91. The fraction of sp³-hybridized carbons (Fsp3) is 0.294. The second kappa shape index (κ2) is 6.06. The summed E-state index contributed by atoms with van der Waals surface area (Å²) in [5.41, 5.74) is 7.14. The quantitative estimate of drug-likeness (QED) is 0.861. The van der Waals surface area contributed by atoms with E-state index in [1.165, 1.54) is 6.07 Å². The number of ether oxygens (including phenoxy) is 1. The number of benzene rings is 2. The molecule has 0 bridgehead atoms. The maximum absolute atomic E-state index is 12.8. The normalized spacial score (nSPS) is 17.5. The Bertz CT molecular complexity index is 730. The molecule has 1 heterocycles. The smallest absolute Gasteiger partial charge is 0.416 e. The van der Waals surface area contributed by atoms with Gasteiger partial charge in [0.1, 0.15) is 11.9 Å². The fourth-order valence-corrected chi connectivity index (χ4v) is 3.03. The Hall–Kier alpha value is -1.72. The van der Waals surface area contributed by atoms with Crippen molar-refractivity contribution in [3.63, 3.8) is 0 Å². The van der Waals surface area contributed by atoms with Gasteiger partial charge in [0.05, 0.1) is 5.56 Å².